The largest absolute Gasteiger partial charge is 0.456 e. The van der Waals surface area contributed by atoms with Gasteiger partial charge in [-0.1, -0.05) is 54.6 Å². The second kappa shape index (κ2) is 4.20. The van der Waals surface area contributed by atoms with Gasteiger partial charge in [0.05, 0.1) is 0 Å². The Morgan fingerprint density at radius 1 is 0.900 bits per heavy atom. The van der Waals surface area contributed by atoms with Gasteiger partial charge in [-0.05, 0) is 5.56 Å². The standard InChI is InChI=1S/C18H12O2/c19-16-11-17(12-6-2-1-3-7-12)20-18-14-9-5-4-8-13(14)10-15(16)18/h1-9,11H,10H2. The third kappa shape index (κ3) is 1.62. The molecule has 0 N–H and O–H groups in total. The van der Waals surface area contributed by atoms with E-state index in [1.807, 2.05) is 54.6 Å². The lowest BCUT2D eigenvalue weighted by atomic mass is 10.1. The molecule has 0 saturated heterocycles. The second-order valence-corrected chi connectivity index (χ2v) is 4.98. The highest BCUT2D eigenvalue weighted by atomic mass is 16.3. The predicted molar refractivity (Wildman–Crippen MR) is 78.7 cm³/mol. The summed E-state index contributed by atoms with van der Waals surface area (Å²) in [6.45, 7) is 0. The number of fused-ring (bicyclic) bond motifs is 3. The molecule has 20 heavy (non-hydrogen) atoms. The van der Waals surface area contributed by atoms with Gasteiger partial charge in [0, 0.05) is 29.2 Å². The van der Waals surface area contributed by atoms with Crippen LogP contribution >= 0.6 is 0 Å². The topological polar surface area (TPSA) is 30.2 Å². The van der Waals surface area contributed by atoms with Crippen molar-refractivity contribution in [3.05, 3.63) is 82.0 Å². The van der Waals surface area contributed by atoms with Crippen LogP contribution in [-0.4, -0.2) is 0 Å². The normalized spacial score (nSPS) is 12.0. The van der Waals surface area contributed by atoms with Crippen LogP contribution in [0.5, 0.6) is 0 Å². The maximum Gasteiger partial charge on any atom is 0.189 e. The zero-order valence-corrected chi connectivity index (χ0v) is 10.8. The van der Waals surface area contributed by atoms with Gasteiger partial charge in [-0.2, -0.15) is 0 Å². The van der Waals surface area contributed by atoms with Gasteiger partial charge in [0.15, 0.2) is 5.43 Å². The van der Waals surface area contributed by atoms with Crippen LogP contribution in [0.15, 0.2) is 69.9 Å². The first-order chi connectivity index (χ1) is 9.83. The molecule has 0 aliphatic heterocycles. The van der Waals surface area contributed by atoms with Gasteiger partial charge < -0.3 is 4.42 Å². The lowest BCUT2D eigenvalue weighted by molar-refractivity contribution is 0.578. The molecule has 0 radical (unpaired) electrons. The molecular weight excluding hydrogens is 248 g/mol. The number of rotatable bonds is 1. The second-order valence-electron chi connectivity index (χ2n) is 4.98. The van der Waals surface area contributed by atoms with Crippen molar-refractivity contribution in [2.45, 2.75) is 6.42 Å². The van der Waals surface area contributed by atoms with Crippen LogP contribution < -0.4 is 5.43 Å². The fourth-order valence-electron chi connectivity index (χ4n) is 2.74. The van der Waals surface area contributed by atoms with Crippen molar-refractivity contribution in [1.82, 2.24) is 0 Å². The predicted octanol–water partition coefficient (Wildman–Crippen LogP) is 3.88. The Kier molecular flexibility index (Phi) is 2.36. The van der Waals surface area contributed by atoms with E-state index in [-0.39, 0.29) is 5.43 Å². The van der Waals surface area contributed by atoms with Crippen molar-refractivity contribution < 1.29 is 4.42 Å². The molecule has 0 amide bonds. The van der Waals surface area contributed by atoms with Crippen LogP contribution in [0.4, 0.5) is 0 Å². The average Bonchev–Trinajstić information content (AvgIpc) is 2.88. The highest BCUT2D eigenvalue weighted by Crippen LogP contribution is 2.36. The van der Waals surface area contributed by atoms with E-state index in [2.05, 4.69) is 0 Å². The van der Waals surface area contributed by atoms with Gasteiger partial charge in [0.2, 0.25) is 0 Å². The molecule has 0 bridgehead atoms. The van der Waals surface area contributed by atoms with Crippen molar-refractivity contribution in [2.24, 2.45) is 0 Å². The van der Waals surface area contributed by atoms with Crippen LogP contribution in [0.25, 0.3) is 22.6 Å². The number of hydrogen-bond acceptors (Lipinski definition) is 2. The maximum atomic E-state index is 12.3. The van der Waals surface area contributed by atoms with Gasteiger partial charge in [-0.15, -0.1) is 0 Å². The first kappa shape index (κ1) is 11.2. The highest BCUT2D eigenvalue weighted by Gasteiger charge is 2.24. The van der Waals surface area contributed by atoms with Crippen molar-refractivity contribution in [1.29, 1.82) is 0 Å². The Hall–Kier alpha value is -2.61. The first-order valence-electron chi connectivity index (χ1n) is 6.63. The Balaban J connectivity index is 1.97. The summed E-state index contributed by atoms with van der Waals surface area (Å²) in [5.41, 5.74) is 3.95. The van der Waals surface area contributed by atoms with E-state index in [4.69, 9.17) is 4.42 Å². The molecule has 3 aromatic rings. The van der Waals surface area contributed by atoms with Crippen molar-refractivity contribution in [2.75, 3.05) is 0 Å². The van der Waals surface area contributed by atoms with Gasteiger partial charge in [0.1, 0.15) is 11.5 Å². The van der Waals surface area contributed by atoms with Crippen molar-refractivity contribution in [3.63, 3.8) is 0 Å². The molecular formula is C18H12O2. The Bertz CT molecular complexity index is 845. The van der Waals surface area contributed by atoms with Gasteiger partial charge in [-0.3, -0.25) is 4.79 Å². The Morgan fingerprint density at radius 2 is 1.65 bits per heavy atom. The Labute approximate surface area is 116 Å². The fraction of sp³-hybridized carbons (Fsp3) is 0.0556. The summed E-state index contributed by atoms with van der Waals surface area (Å²) in [5, 5.41) is 0. The zero-order chi connectivity index (χ0) is 13.5. The molecule has 2 heteroatoms. The minimum atomic E-state index is 0.0568. The molecule has 0 atom stereocenters. The monoisotopic (exact) mass is 260 g/mol. The summed E-state index contributed by atoms with van der Waals surface area (Å²) < 4.78 is 6.01. The van der Waals surface area contributed by atoms with E-state index in [1.54, 1.807) is 6.07 Å². The molecule has 0 saturated carbocycles. The summed E-state index contributed by atoms with van der Waals surface area (Å²) in [4.78, 5) is 12.3. The molecule has 2 nitrogen and oxygen atoms in total. The van der Waals surface area contributed by atoms with Crippen LogP contribution in [0.3, 0.4) is 0 Å². The average molecular weight is 260 g/mol. The molecule has 1 aliphatic carbocycles. The zero-order valence-electron chi connectivity index (χ0n) is 10.8. The maximum absolute atomic E-state index is 12.3. The highest BCUT2D eigenvalue weighted by molar-refractivity contribution is 5.73. The van der Waals surface area contributed by atoms with E-state index in [9.17, 15) is 4.79 Å². The molecule has 96 valence electrons. The third-order valence-corrected chi connectivity index (χ3v) is 3.73. The quantitative estimate of drug-likeness (QED) is 0.520. The number of benzene rings is 2. The summed E-state index contributed by atoms with van der Waals surface area (Å²) >= 11 is 0. The minimum absolute atomic E-state index is 0.0568. The SMILES string of the molecule is O=c1cc(-c2ccccc2)oc2c1Cc1ccccc1-2. The Morgan fingerprint density at radius 3 is 2.50 bits per heavy atom. The van der Waals surface area contributed by atoms with Crippen LogP contribution in [0.2, 0.25) is 0 Å². The smallest absolute Gasteiger partial charge is 0.189 e. The van der Waals surface area contributed by atoms with E-state index in [0.717, 1.165) is 28.0 Å². The molecule has 1 aliphatic rings. The first-order valence-corrected chi connectivity index (χ1v) is 6.63. The van der Waals surface area contributed by atoms with Crippen LogP contribution in [-0.2, 0) is 6.42 Å². The molecule has 0 spiro atoms. The fourth-order valence-corrected chi connectivity index (χ4v) is 2.74. The lowest BCUT2D eigenvalue weighted by Gasteiger charge is -2.04. The van der Waals surface area contributed by atoms with Gasteiger partial charge >= 0.3 is 0 Å². The third-order valence-electron chi connectivity index (χ3n) is 3.73. The molecule has 4 rings (SSSR count). The van der Waals surface area contributed by atoms with E-state index in [0.29, 0.717) is 12.2 Å². The van der Waals surface area contributed by atoms with Crippen molar-refractivity contribution in [3.8, 4) is 22.6 Å². The number of hydrogen-bond donors (Lipinski definition) is 0. The van der Waals surface area contributed by atoms with Crippen molar-refractivity contribution >= 4 is 0 Å². The van der Waals surface area contributed by atoms with E-state index >= 15 is 0 Å². The molecule has 1 aromatic heterocycles. The molecule has 2 aromatic carbocycles. The molecule has 1 heterocycles. The minimum Gasteiger partial charge on any atom is -0.456 e. The summed E-state index contributed by atoms with van der Waals surface area (Å²) in [6.07, 6.45) is 0.670. The molecule has 0 unspecified atom stereocenters. The summed E-state index contributed by atoms with van der Waals surface area (Å²) in [6, 6.07) is 19.4. The van der Waals surface area contributed by atoms with Crippen LogP contribution in [0, 0.1) is 0 Å². The molecule has 0 fully saturated rings. The van der Waals surface area contributed by atoms with Crippen LogP contribution in [0.1, 0.15) is 11.1 Å². The van der Waals surface area contributed by atoms with Gasteiger partial charge in [0.25, 0.3) is 0 Å². The van der Waals surface area contributed by atoms with E-state index in [1.165, 1.54) is 0 Å². The lowest BCUT2D eigenvalue weighted by Crippen LogP contribution is -2.06. The van der Waals surface area contributed by atoms with Gasteiger partial charge in [-0.25, -0.2) is 0 Å². The van der Waals surface area contributed by atoms with E-state index < -0.39 is 0 Å². The summed E-state index contributed by atoms with van der Waals surface area (Å²) in [7, 11) is 0. The summed E-state index contributed by atoms with van der Waals surface area (Å²) in [5.74, 6) is 1.36.